The molecule has 0 fully saturated rings. The topological polar surface area (TPSA) is 63.7 Å². The Kier molecular flexibility index (Phi) is 6.13. The molecule has 0 radical (unpaired) electrons. The van der Waals surface area contributed by atoms with Crippen LogP contribution in [0.1, 0.15) is 36.7 Å². The van der Waals surface area contributed by atoms with E-state index in [2.05, 4.69) is 15.9 Å². The highest BCUT2D eigenvalue weighted by atomic mass is 79.9. The zero-order valence-electron chi connectivity index (χ0n) is 15.2. The lowest BCUT2D eigenvalue weighted by molar-refractivity contribution is 0.00694. The van der Waals surface area contributed by atoms with Gasteiger partial charge in [0.15, 0.2) is 0 Å². The van der Waals surface area contributed by atoms with Gasteiger partial charge in [-0.3, -0.25) is 0 Å². The maximum atomic E-state index is 12.5. The second-order valence-corrected chi connectivity index (χ2v) is 9.28. The number of rotatable bonds is 5. The Morgan fingerprint density at radius 1 is 1.08 bits per heavy atom. The van der Waals surface area contributed by atoms with E-state index >= 15 is 0 Å². The fourth-order valence-corrected chi connectivity index (χ4v) is 3.74. The fraction of sp³-hybridized carbons (Fsp3) is 0.316. The Labute approximate surface area is 163 Å². The summed E-state index contributed by atoms with van der Waals surface area (Å²) in [7, 11) is -3.61. The maximum Gasteiger partial charge on any atom is 0.338 e. The molecule has 0 aliphatic rings. The van der Waals surface area contributed by atoms with Crippen molar-refractivity contribution < 1.29 is 17.9 Å². The number of ether oxygens (including phenoxy) is 1. The highest BCUT2D eigenvalue weighted by molar-refractivity contribution is 9.08. The summed E-state index contributed by atoms with van der Waals surface area (Å²) in [4.78, 5) is 12.5. The quantitative estimate of drug-likeness (QED) is 0.502. The van der Waals surface area contributed by atoms with Crippen LogP contribution in [0.5, 0.6) is 0 Å². The van der Waals surface area contributed by atoms with Gasteiger partial charge in [0.25, 0.3) is 0 Å². The van der Waals surface area contributed by atoms with Crippen LogP contribution in [0, 0.1) is 0 Å². The average Bonchev–Trinajstić information content (AvgIpc) is 2.52. The van der Waals surface area contributed by atoms with E-state index in [9.17, 15) is 13.2 Å². The lowest BCUT2D eigenvalue weighted by Crippen LogP contribution is -2.26. The van der Waals surface area contributed by atoms with Crippen molar-refractivity contribution in [2.24, 2.45) is 0 Å². The number of carbonyl (C=O) groups excluding carboxylic acids is 1. The van der Waals surface area contributed by atoms with Crippen LogP contribution in [0.15, 0.2) is 48.5 Å². The van der Waals surface area contributed by atoms with Gasteiger partial charge in [-0.25, -0.2) is 17.5 Å². The van der Waals surface area contributed by atoms with E-state index in [0.29, 0.717) is 22.3 Å². The van der Waals surface area contributed by atoms with Crippen LogP contribution in [0.2, 0.25) is 0 Å². The largest absolute Gasteiger partial charge is 0.456 e. The summed E-state index contributed by atoms with van der Waals surface area (Å²) in [6, 6.07) is 13.7. The first kappa shape index (κ1) is 20.5. The predicted octanol–water partition coefficient (Wildman–Crippen LogP) is 4.63. The number of alkyl halides is 1. The van der Waals surface area contributed by atoms with Gasteiger partial charge in [-0.2, -0.15) is 0 Å². The minimum absolute atomic E-state index is 0.302. The molecule has 0 spiro atoms. The number of hydrogen-bond donors (Lipinski definition) is 0. The van der Waals surface area contributed by atoms with Crippen LogP contribution >= 0.6 is 15.9 Å². The van der Waals surface area contributed by atoms with Gasteiger partial charge in [0.05, 0.1) is 23.2 Å². The number of hydrogen-bond acceptors (Lipinski definition) is 4. The number of carbonyl (C=O) groups is 1. The number of para-hydroxylation sites is 1. The molecule has 0 aliphatic heterocycles. The summed E-state index contributed by atoms with van der Waals surface area (Å²) in [6.07, 6.45) is 1.13. The van der Waals surface area contributed by atoms with Crippen molar-refractivity contribution in [1.82, 2.24) is 0 Å². The van der Waals surface area contributed by atoms with Crippen LogP contribution in [0.3, 0.4) is 0 Å². The van der Waals surface area contributed by atoms with Gasteiger partial charge in [0.1, 0.15) is 5.60 Å². The van der Waals surface area contributed by atoms with E-state index < -0.39 is 21.6 Å². The first-order valence-corrected chi connectivity index (χ1v) is 11.0. The smallest absolute Gasteiger partial charge is 0.338 e. The zero-order valence-corrected chi connectivity index (χ0v) is 17.6. The molecule has 0 N–H and O–H groups in total. The Morgan fingerprint density at radius 3 is 2.19 bits per heavy atom. The SMILES string of the molecule is CC(C)(C)OC(=O)c1cc(CBr)cc(N(c2ccccc2)S(C)(=O)=O)c1. The number of esters is 1. The standard InChI is InChI=1S/C19H22BrNO4S/c1-19(2,3)25-18(22)15-10-14(13-20)11-17(12-15)21(26(4,23)24)16-8-6-5-7-9-16/h5-12H,13H2,1-4H3. The lowest BCUT2D eigenvalue weighted by Gasteiger charge is -2.24. The molecular formula is C19H22BrNO4S. The van der Waals surface area contributed by atoms with Crippen molar-refractivity contribution in [2.75, 3.05) is 10.6 Å². The van der Waals surface area contributed by atoms with E-state index in [4.69, 9.17) is 4.74 Å². The summed E-state index contributed by atoms with van der Waals surface area (Å²) >= 11 is 3.37. The summed E-state index contributed by atoms with van der Waals surface area (Å²) in [5.41, 5.74) is 1.31. The van der Waals surface area contributed by atoms with Crippen molar-refractivity contribution in [3.63, 3.8) is 0 Å². The highest BCUT2D eigenvalue weighted by Crippen LogP contribution is 2.31. The number of halogens is 1. The molecule has 0 bridgehead atoms. The monoisotopic (exact) mass is 439 g/mol. The van der Waals surface area contributed by atoms with Crippen LogP contribution < -0.4 is 4.31 Å². The molecule has 0 heterocycles. The molecule has 0 aromatic heterocycles. The Hall–Kier alpha value is -1.86. The van der Waals surface area contributed by atoms with Crippen LogP contribution in [0.25, 0.3) is 0 Å². The normalized spacial score (nSPS) is 11.9. The first-order chi connectivity index (χ1) is 12.0. The van der Waals surface area contributed by atoms with Crippen LogP contribution in [-0.2, 0) is 20.1 Å². The van der Waals surface area contributed by atoms with Crippen molar-refractivity contribution in [3.8, 4) is 0 Å². The van der Waals surface area contributed by atoms with Crippen LogP contribution in [0.4, 0.5) is 11.4 Å². The highest BCUT2D eigenvalue weighted by Gasteiger charge is 2.23. The summed E-state index contributed by atoms with van der Waals surface area (Å²) in [5.74, 6) is -0.497. The zero-order chi connectivity index (χ0) is 19.5. The molecule has 0 saturated heterocycles. The summed E-state index contributed by atoms with van der Waals surface area (Å²) in [6.45, 7) is 5.35. The molecule has 2 aromatic carbocycles. The maximum absolute atomic E-state index is 12.5. The average molecular weight is 440 g/mol. The molecule has 0 amide bonds. The minimum Gasteiger partial charge on any atom is -0.456 e. The first-order valence-electron chi connectivity index (χ1n) is 8.00. The van der Waals surface area contributed by atoms with E-state index in [0.717, 1.165) is 11.8 Å². The Balaban J connectivity index is 2.59. The van der Waals surface area contributed by atoms with Gasteiger partial charge in [0.2, 0.25) is 10.0 Å². The molecule has 2 aromatic rings. The number of anilines is 2. The van der Waals surface area contributed by atoms with Gasteiger partial charge in [-0.1, -0.05) is 34.1 Å². The fourth-order valence-electron chi connectivity index (χ4n) is 2.42. The number of sulfonamides is 1. The van der Waals surface area contributed by atoms with Gasteiger partial charge in [-0.05, 0) is 56.7 Å². The van der Waals surface area contributed by atoms with E-state index in [1.807, 2.05) is 6.07 Å². The molecule has 0 saturated carbocycles. The van der Waals surface area contributed by atoms with Crippen molar-refractivity contribution in [1.29, 1.82) is 0 Å². The third kappa shape index (κ3) is 5.32. The number of nitrogens with zero attached hydrogens (tertiary/aromatic N) is 1. The molecule has 7 heteroatoms. The van der Waals surface area contributed by atoms with Gasteiger partial charge >= 0.3 is 5.97 Å². The van der Waals surface area contributed by atoms with Crippen LogP contribution in [-0.4, -0.2) is 26.2 Å². The van der Waals surface area contributed by atoms with Crippen molar-refractivity contribution >= 4 is 43.3 Å². The summed E-state index contributed by atoms with van der Waals surface area (Å²) < 4.78 is 31.5. The minimum atomic E-state index is -3.61. The van der Waals surface area contributed by atoms with Crippen molar-refractivity contribution in [3.05, 3.63) is 59.7 Å². The van der Waals surface area contributed by atoms with E-state index in [-0.39, 0.29) is 0 Å². The Morgan fingerprint density at radius 2 is 1.69 bits per heavy atom. The molecular weight excluding hydrogens is 418 g/mol. The molecule has 2 rings (SSSR count). The van der Waals surface area contributed by atoms with E-state index in [1.54, 1.807) is 57.2 Å². The van der Waals surface area contributed by atoms with Gasteiger partial charge in [0, 0.05) is 5.33 Å². The predicted molar refractivity (Wildman–Crippen MR) is 108 cm³/mol. The third-order valence-corrected chi connectivity index (χ3v) is 5.06. The molecule has 26 heavy (non-hydrogen) atoms. The van der Waals surface area contributed by atoms with E-state index in [1.165, 1.54) is 10.4 Å². The van der Waals surface area contributed by atoms with Crippen molar-refractivity contribution in [2.45, 2.75) is 31.7 Å². The molecule has 0 atom stereocenters. The van der Waals surface area contributed by atoms with Gasteiger partial charge in [-0.15, -0.1) is 0 Å². The number of benzene rings is 2. The molecule has 140 valence electrons. The second kappa shape index (κ2) is 7.80. The lowest BCUT2D eigenvalue weighted by atomic mass is 10.1. The third-order valence-electron chi connectivity index (χ3n) is 3.32. The van der Waals surface area contributed by atoms with Gasteiger partial charge < -0.3 is 4.74 Å². The Bertz CT molecular complexity index is 890. The molecule has 0 unspecified atom stereocenters. The summed E-state index contributed by atoms with van der Waals surface area (Å²) in [5, 5.41) is 0.475. The molecule has 0 aliphatic carbocycles. The second-order valence-electron chi connectivity index (χ2n) is 6.89. The molecule has 5 nitrogen and oxygen atoms in total.